The lowest BCUT2D eigenvalue weighted by molar-refractivity contribution is -0.124. The Balaban J connectivity index is 2.79. The van der Waals surface area contributed by atoms with E-state index in [0.717, 1.165) is 18.2 Å². The van der Waals surface area contributed by atoms with Crippen molar-refractivity contribution in [3.8, 4) is 0 Å². The maximum atomic E-state index is 13.3. The van der Waals surface area contributed by atoms with Crippen molar-refractivity contribution in [2.45, 2.75) is 32.4 Å². The highest BCUT2D eigenvalue weighted by Crippen LogP contribution is 2.13. The molecule has 1 aromatic rings. The number of hydrogen-bond donors (Lipinski definition) is 2. The van der Waals surface area contributed by atoms with Gasteiger partial charge in [0.1, 0.15) is 11.6 Å². The second kappa shape index (κ2) is 5.23. The average molecular weight is 242 g/mol. The molecule has 0 aromatic heterocycles. The fraction of sp³-hybridized carbons (Fsp3) is 0.417. The van der Waals surface area contributed by atoms with Crippen LogP contribution in [0, 0.1) is 11.6 Å². The van der Waals surface area contributed by atoms with E-state index in [9.17, 15) is 13.6 Å². The van der Waals surface area contributed by atoms with Crippen LogP contribution < -0.4 is 11.1 Å². The molecule has 3 N–H and O–H groups in total. The standard InChI is InChI=1S/C12H16F2N2O/c1-3-12(2,11(15)17)16-7-8-6-9(13)4-5-10(8)14/h4-6,16H,3,7H2,1-2H3,(H2,15,17). The molecule has 0 spiro atoms. The van der Waals surface area contributed by atoms with Crippen molar-refractivity contribution in [3.63, 3.8) is 0 Å². The predicted molar refractivity (Wildman–Crippen MR) is 61.1 cm³/mol. The van der Waals surface area contributed by atoms with Gasteiger partial charge in [-0.25, -0.2) is 8.78 Å². The molecule has 1 amide bonds. The Bertz CT molecular complexity index is 423. The second-order valence-electron chi connectivity index (χ2n) is 4.14. The molecule has 0 aliphatic rings. The smallest absolute Gasteiger partial charge is 0.237 e. The molecule has 17 heavy (non-hydrogen) atoms. The van der Waals surface area contributed by atoms with Gasteiger partial charge in [0.2, 0.25) is 5.91 Å². The summed E-state index contributed by atoms with van der Waals surface area (Å²) in [4.78, 5) is 11.2. The maximum Gasteiger partial charge on any atom is 0.237 e. The lowest BCUT2D eigenvalue weighted by atomic mass is 9.97. The zero-order valence-electron chi connectivity index (χ0n) is 9.89. The highest BCUT2D eigenvalue weighted by atomic mass is 19.1. The van der Waals surface area contributed by atoms with E-state index in [1.165, 1.54) is 0 Å². The van der Waals surface area contributed by atoms with E-state index in [2.05, 4.69) is 5.32 Å². The number of nitrogens with two attached hydrogens (primary N) is 1. The SMILES string of the molecule is CCC(C)(NCc1cc(F)ccc1F)C(N)=O. The van der Waals surface area contributed by atoms with Gasteiger partial charge in [-0.05, 0) is 31.5 Å². The van der Waals surface area contributed by atoms with Gasteiger partial charge in [-0.3, -0.25) is 10.1 Å². The summed E-state index contributed by atoms with van der Waals surface area (Å²) in [6, 6.07) is 3.20. The molecule has 1 aromatic carbocycles. The van der Waals surface area contributed by atoms with Crippen molar-refractivity contribution in [2.24, 2.45) is 5.73 Å². The van der Waals surface area contributed by atoms with Crippen molar-refractivity contribution in [2.75, 3.05) is 0 Å². The molecule has 94 valence electrons. The maximum absolute atomic E-state index is 13.3. The summed E-state index contributed by atoms with van der Waals surface area (Å²) >= 11 is 0. The van der Waals surface area contributed by atoms with Gasteiger partial charge in [-0.15, -0.1) is 0 Å². The summed E-state index contributed by atoms with van der Waals surface area (Å²) in [6.45, 7) is 3.48. The van der Waals surface area contributed by atoms with Gasteiger partial charge in [0, 0.05) is 12.1 Å². The van der Waals surface area contributed by atoms with E-state index in [4.69, 9.17) is 5.73 Å². The molecular formula is C12H16F2N2O. The molecule has 1 unspecified atom stereocenters. The lowest BCUT2D eigenvalue weighted by Crippen LogP contribution is -2.52. The van der Waals surface area contributed by atoms with Crippen LogP contribution in [-0.2, 0) is 11.3 Å². The molecule has 0 saturated heterocycles. The number of carbonyl (C=O) groups excluding carboxylic acids is 1. The molecule has 0 fully saturated rings. The van der Waals surface area contributed by atoms with Crippen LogP contribution in [0.1, 0.15) is 25.8 Å². The first kappa shape index (κ1) is 13.6. The van der Waals surface area contributed by atoms with Crippen LogP contribution in [0.4, 0.5) is 8.78 Å². The third kappa shape index (κ3) is 3.23. The molecular weight excluding hydrogens is 226 g/mol. The Kier molecular flexibility index (Phi) is 4.17. The average Bonchev–Trinajstić information content (AvgIpc) is 2.29. The summed E-state index contributed by atoms with van der Waals surface area (Å²) in [7, 11) is 0. The van der Waals surface area contributed by atoms with Crippen LogP contribution in [0.2, 0.25) is 0 Å². The summed E-state index contributed by atoms with van der Waals surface area (Å²) in [5.74, 6) is -1.54. The molecule has 1 atom stereocenters. The van der Waals surface area contributed by atoms with Gasteiger partial charge in [0.05, 0.1) is 5.54 Å². The predicted octanol–water partition coefficient (Wildman–Crippen LogP) is 1.71. The number of benzene rings is 1. The molecule has 0 heterocycles. The number of amides is 1. The van der Waals surface area contributed by atoms with Crippen LogP contribution in [0.15, 0.2) is 18.2 Å². The van der Waals surface area contributed by atoms with Crippen molar-refractivity contribution >= 4 is 5.91 Å². The molecule has 0 aliphatic heterocycles. The Hall–Kier alpha value is -1.49. The van der Waals surface area contributed by atoms with Crippen LogP contribution in [0.25, 0.3) is 0 Å². The first-order chi connectivity index (χ1) is 7.89. The van der Waals surface area contributed by atoms with Gasteiger partial charge in [-0.2, -0.15) is 0 Å². The monoisotopic (exact) mass is 242 g/mol. The molecule has 3 nitrogen and oxygen atoms in total. The number of primary amides is 1. The van der Waals surface area contributed by atoms with E-state index < -0.39 is 23.1 Å². The summed E-state index contributed by atoms with van der Waals surface area (Å²) < 4.78 is 26.2. The van der Waals surface area contributed by atoms with Crippen LogP contribution in [0.3, 0.4) is 0 Å². The molecule has 1 rings (SSSR count). The quantitative estimate of drug-likeness (QED) is 0.825. The summed E-state index contributed by atoms with van der Waals surface area (Å²) in [5, 5.41) is 2.85. The fourth-order valence-electron chi connectivity index (χ4n) is 1.36. The Morgan fingerprint density at radius 2 is 2.12 bits per heavy atom. The minimum Gasteiger partial charge on any atom is -0.368 e. The van der Waals surface area contributed by atoms with Crippen molar-refractivity contribution in [1.82, 2.24) is 5.32 Å². The van der Waals surface area contributed by atoms with Crippen molar-refractivity contribution in [3.05, 3.63) is 35.4 Å². The summed E-state index contributed by atoms with van der Waals surface area (Å²) in [6.07, 6.45) is 0.471. The number of halogens is 2. The van der Waals surface area contributed by atoms with Gasteiger partial charge in [0.15, 0.2) is 0 Å². The zero-order chi connectivity index (χ0) is 13.1. The van der Waals surface area contributed by atoms with Crippen LogP contribution in [0.5, 0.6) is 0 Å². The van der Waals surface area contributed by atoms with E-state index in [-0.39, 0.29) is 12.1 Å². The highest BCUT2D eigenvalue weighted by Gasteiger charge is 2.28. The molecule has 0 radical (unpaired) electrons. The fourth-order valence-corrected chi connectivity index (χ4v) is 1.36. The zero-order valence-corrected chi connectivity index (χ0v) is 9.89. The number of nitrogens with one attached hydrogen (secondary N) is 1. The minimum absolute atomic E-state index is 0.0525. The second-order valence-corrected chi connectivity index (χ2v) is 4.14. The molecule has 0 aliphatic carbocycles. The van der Waals surface area contributed by atoms with E-state index >= 15 is 0 Å². The Labute approximate surface area is 99.0 Å². The van der Waals surface area contributed by atoms with E-state index in [0.29, 0.717) is 6.42 Å². The topological polar surface area (TPSA) is 55.1 Å². The normalized spacial score (nSPS) is 14.4. The minimum atomic E-state index is -0.918. The highest BCUT2D eigenvalue weighted by molar-refractivity contribution is 5.84. The number of hydrogen-bond acceptors (Lipinski definition) is 2. The van der Waals surface area contributed by atoms with Crippen molar-refractivity contribution in [1.29, 1.82) is 0 Å². The van der Waals surface area contributed by atoms with Crippen LogP contribution in [-0.4, -0.2) is 11.4 Å². The molecule has 0 bridgehead atoms. The van der Waals surface area contributed by atoms with E-state index in [1.54, 1.807) is 13.8 Å². The summed E-state index contributed by atoms with van der Waals surface area (Å²) in [5.41, 5.74) is 4.50. The van der Waals surface area contributed by atoms with E-state index in [1.807, 2.05) is 0 Å². The Morgan fingerprint density at radius 3 is 2.65 bits per heavy atom. The van der Waals surface area contributed by atoms with Crippen molar-refractivity contribution < 1.29 is 13.6 Å². The van der Waals surface area contributed by atoms with Crippen LogP contribution >= 0.6 is 0 Å². The Morgan fingerprint density at radius 1 is 1.47 bits per heavy atom. The third-order valence-electron chi connectivity index (χ3n) is 2.93. The van der Waals surface area contributed by atoms with Gasteiger partial charge in [-0.1, -0.05) is 6.92 Å². The molecule has 5 heteroatoms. The first-order valence-corrected chi connectivity index (χ1v) is 5.38. The molecule has 0 saturated carbocycles. The van der Waals surface area contributed by atoms with Gasteiger partial charge >= 0.3 is 0 Å². The third-order valence-corrected chi connectivity index (χ3v) is 2.93. The first-order valence-electron chi connectivity index (χ1n) is 5.38. The van der Waals surface area contributed by atoms with Gasteiger partial charge < -0.3 is 5.73 Å². The number of carbonyl (C=O) groups is 1. The number of rotatable bonds is 5. The lowest BCUT2D eigenvalue weighted by Gasteiger charge is -2.26. The largest absolute Gasteiger partial charge is 0.368 e. The van der Waals surface area contributed by atoms with Gasteiger partial charge in [0.25, 0.3) is 0 Å².